The first-order valence-corrected chi connectivity index (χ1v) is 7.92. The summed E-state index contributed by atoms with van der Waals surface area (Å²) in [6, 6.07) is 14.4. The molecule has 0 saturated heterocycles. The molecule has 0 unspecified atom stereocenters. The molecule has 0 bridgehead atoms. The molecule has 2 rings (SSSR count). The molecule has 1 amide bonds. The number of amides is 1. The largest absolute Gasteiger partial charge is 0.330 e. The minimum atomic E-state index is -0.453. The Labute approximate surface area is 138 Å². The van der Waals surface area contributed by atoms with E-state index in [9.17, 15) is 9.18 Å². The van der Waals surface area contributed by atoms with Crippen LogP contribution in [0.4, 0.5) is 10.1 Å². The molecule has 2 atom stereocenters. The molecule has 0 fully saturated rings. The van der Waals surface area contributed by atoms with E-state index in [1.54, 1.807) is 12.1 Å². The van der Waals surface area contributed by atoms with E-state index in [2.05, 4.69) is 21.2 Å². The van der Waals surface area contributed by atoms with Gasteiger partial charge in [-0.2, -0.15) is 0 Å². The molecule has 0 aliphatic rings. The zero-order valence-electron chi connectivity index (χ0n) is 12.5. The summed E-state index contributed by atoms with van der Waals surface area (Å²) in [4.78, 5) is 12.2. The first kappa shape index (κ1) is 16.6. The molecule has 116 valence electrons. The highest BCUT2D eigenvalue weighted by molar-refractivity contribution is 9.10. The minimum absolute atomic E-state index is 0.150. The fourth-order valence-corrected chi connectivity index (χ4v) is 2.56. The summed E-state index contributed by atoms with van der Waals surface area (Å²) in [6.45, 7) is 3.85. The number of rotatable bonds is 5. The molecule has 3 nitrogen and oxygen atoms in total. The summed E-state index contributed by atoms with van der Waals surface area (Å²) in [5.41, 5.74) is 1.35. The molecular formula is C17H19BrFN2O+. The van der Waals surface area contributed by atoms with Gasteiger partial charge in [-0.25, -0.2) is 4.39 Å². The van der Waals surface area contributed by atoms with E-state index >= 15 is 0 Å². The summed E-state index contributed by atoms with van der Waals surface area (Å²) in [7, 11) is 0. The average molecular weight is 366 g/mol. The van der Waals surface area contributed by atoms with Crippen molar-refractivity contribution in [1.29, 1.82) is 0 Å². The molecule has 0 aromatic heterocycles. The van der Waals surface area contributed by atoms with Crippen molar-refractivity contribution < 1.29 is 14.5 Å². The molecule has 2 aromatic carbocycles. The van der Waals surface area contributed by atoms with Crippen LogP contribution >= 0.6 is 15.9 Å². The fraction of sp³-hybridized carbons (Fsp3) is 0.235. The van der Waals surface area contributed by atoms with Crippen LogP contribution in [0.3, 0.4) is 0 Å². The lowest BCUT2D eigenvalue weighted by atomic mass is 10.1. The highest BCUT2D eigenvalue weighted by Gasteiger charge is 2.21. The summed E-state index contributed by atoms with van der Waals surface area (Å²) in [5.74, 6) is -0.671. The second-order valence-corrected chi connectivity index (χ2v) is 6.21. The molecule has 0 aliphatic heterocycles. The Morgan fingerprint density at radius 2 is 1.86 bits per heavy atom. The van der Waals surface area contributed by atoms with Gasteiger partial charge in [0.15, 0.2) is 6.04 Å². The number of nitrogens with one attached hydrogen (secondary N) is 1. The maximum atomic E-state index is 13.7. The summed E-state index contributed by atoms with van der Waals surface area (Å²) in [5, 5.41) is 4.59. The maximum absolute atomic E-state index is 13.7. The number of halogens is 2. The Morgan fingerprint density at radius 3 is 2.50 bits per heavy atom. The number of benzene rings is 2. The van der Waals surface area contributed by atoms with E-state index in [1.165, 1.54) is 6.07 Å². The van der Waals surface area contributed by atoms with Crippen LogP contribution in [0, 0.1) is 5.82 Å². The van der Waals surface area contributed by atoms with Crippen molar-refractivity contribution in [2.75, 3.05) is 5.32 Å². The van der Waals surface area contributed by atoms with Gasteiger partial charge in [0.2, 0.25) is 0 Å². The van der Waals surface area contributed by atoms with Crippen molar-refractivity contribution in [3.05, 3.63) is 64.4 Å². The van der Waals surface area contributed by atoms with E-state index in [0.717, 1.165) is 5.56 Å². The van der Waals surface area contributed by atoms with Crippen LogP contribution in [0.25, 0.3) is 0 Å². The maximum Gasteiger partial charge on any atom is 0.282 e. The second-order valence-electron chi connectivity index (χ2n) is 5.29. The summed E-state index contributed by atoms with van der Waals surface area (Å²) >= 11 is 3.19. The third kappa shape index (κ3) is 4.39. The van der Waals surface area contributed by atoms with Gasteiger partial charge in [0.05, 0.1) is 5.69 Å². The van der Waals surface area contributed by atoms with Crippen molar-refractivity contribution in [1.82, 2.24) is 0 Å². The Morgan fingerprint density at radius 1 is 1.18 bits per heavy atom. The van der Waals surface area contributed by atoms with Crippen molar-refractivity contribution in [2.24, 2.45) is 0 Å². The predicted molar refractivity (Wildman–Crippen MR) is 89.0 cm³/mol. The quantitative estimate of drug-likeness (QED) is 0.839. The van der Waals surface area contributed by atoms with Crippen LogP contribution < -0.4 is 10.6 Å². The van der Waals surface area contributed by atoms with Crippen LogP contribution in [-0.4, -0.2) is 11.9 Å². The van der Waals surface area contributed by atoms with Gasteiger partial charge in [0.25, 0.3) is 5.91 Å². The molecule has 2 aromatic rings. The lowest BCUT2D eigenvalue weighted by molar-refractivity contribution is -0.709. The van der Waals surface area contributed by atoms with Crippen LogP contribution in [0.2, 0.25) is 0 Å². The number of anilines is 1. The highest BCUT2D eigenvalue weighted by Crippen LogP contribution is 2.19. The zero-order valence-corrected chi connectivity index (χ0v) is 14.1. The third-order valence-electron chi connectivity index (χ3n) is 3.51. The minimum Gasteiger partial charge on any atom is -0.330 e. The lowest BCUT2D eigenvalue weighted by Crippen LogP contribution is -2.91. The van der Waals surface area contributed by atoms with Gasteiger partial charge >= 0.3 is 0 Å². The van der Waals surface area contributed by atoms with Crippen LogP contribution in [-0.2, 0) is 4.79 Å². The molecule has 0 aliphatic carbocycles. The smallest absolute Gasteiger partial charge is 0.282 e. The molecule has 0 saturated carbocycles. The van der Waals surface area contributed by atoms with Gasteiger partial charge in [-0.1, -0.05) is 46.3 Å². The van der Waals surface area contributed by atoms with Crippen LogP contribution in [0.15, 0.2) is 53.0 Å². The summed E-state index contributed by atoms with van der Waals surface area (Å²) < 4.78 is 14.4. The number of hydrogen-bond donors (Lipinski definition) is 2. The normalized spacial score (nSPS) is 13.5. The Bertz CT molecular complexity index is 648. The SMILES string of the molecule is C[C@H]([NH2+][C@H](C)c1ccccc1)C(=O)Nc1ccc(Br)cc1F. The van der Waals surface area contributed by atoms with Crippen LogP contribution in [0.1, 0.15) is 25.5 Å². The van der Waals surface area contributed by atoms with Crippen molar-refractivity contribution >= 4 is 27.5 Å². The third-order valence-corrected chi connectivity index (χ3v) is 4.00. The number of quaternary nitrogens is 1. The van der Waals surface area contributed by atoms with Crippen LogP contribution in [0.5, 0.6) is 0 Å². The Balaban J connectivity index is 1.97. The topological polar surface area (TPSA) is 45.7 Å². The molecular weight excluding hydrogens is 347 g/mol. The molecule has 3 N–H and O–H groups in total. The van der Waals surface area contributed by atoms with Gasteiger partial charge in [0, 0.05) is 10.0 Å². The molecule has 0 heterocycles. The first-order valence-electron chi connectivity index (χ1n) is 7.13. The Hall–Kier alpha value is -1.72. The first-order chi connectivity index (χ1) is 10.5. The van der Waals surface area contributed by atoms with Crippen molar-refractivity contribution in [2.45, 2.75) is 25.9 Å². The number of hydrogen-bond acceptors (Lipinski definition) is 1. The number of carbonyl (C=O) groups is 1. The lowest BCUT2D eigenvalue weighted by Gasteiger charge is -2.17. The molecule has 0 radical (unpaired) electrons. The monoisotopic (exact) mass is 365 g/mol. The fourth-order valence-electron chi connectivity index (χ4n) is 2.23. The highest BCUT2D eigenvalue weighted by atomic mass is 79.9. The Kier molecular flexibility index (Phi) is 5.69. The van der Waals surface area contributed by atoms with E-state index in [-0.39, 0.29) is 23.7 Å². The average Bonchev–Trinajstić information content (AvgIpc) is 2.50. The predicted octanol–water partition coefficient (Wildman–Crippen LogP) is 3.24. The van der Waals surface area contributed by atoms with E-state index < -0.39 is 5.82 Å². The van der Waals surface area contributed by atoms with Crippen molar-refractivity contribution in [3.8, 4) is 0 Å². The molecule has 22 heavy (non-hydrogen) atoms. The van der Waals surface area contributed by atoms with Crippen molar-refractivity contribution in [3.63, 3.8) is 0 Å². The number of carbonyl (C=O) groups excluding carboxylic acids is 1. The summed E-state index contributed by atoms with van der Waals surface area (Å²) in [6.07, 6.45) is 0. The zero-order chi connectivity index (χ0) is 16.1. The van der Waals surface area contributed by atoms with Gasteiger partial charge < -0.3 is 10.6 Å². The van der Waals surface area contributed by atoms with Gasteiger partial charge in [0.1, 0.15) is 11.9 Å². The second kappa shape index (κ2) is 7.51. The van der Waals surface area contributed by atoms with E-state index in [0.29, 0.717) is 4.47 Å². The standard InChI is InChI=1S/C17H18BrFN2O/c1-11(13-6-4-3-5-7-13)20-12(2)17(22)21-16-9-8-14(18)10-15(16)19/h3-12,20H,1-2H3,(H,21,22)/p+1/t11-,12+/m1/s1. The van der Waals surface area contributed by atoms with E-state index in [1.807, 2.05) is 49.5 Å². The van der Waals surface area contributed by atoms with Gasteiger partial charge in [-0.3, -0.25) is 4.79 Å². The van der Waals surface area contributed by atoms with E-state index in [4.69, 9.17) is 0 Å². The van der Waals surface area contributed by atoms with Gasteiger partial charge in [-0.05, 0) is 32.0 Å². The van der Waals surface area contributed by atoms with Gasteiger partial charge in [-0.15, -0.1) is 0 Å². The molecule has 5 heteroatoms. The molecule has 0 spiro atoms. The number of nitrogens with two attached hydrogens (primary N) is 1.